The topological polar surface area (TPSA) is 151 Å². The molecule has 1 fully saturated rings. The number of aromatic amines is 1. The molecule has 1 aliphatic rings. The Morgan fingerprint density at radius 3 is 1.98 bits per heavy atom. The maximum Gasteiger partial charge on any atom is 0.435 e. The second-order valence-electron chi connectivity index (χ2n) is 8.60. The summed E-state index contributed by atoms with van der Waals surface area (Å²) in [7, 11) is 2.92. The lowest BCUT2D eigenvalue weighted by molar-refractivity contribution is -0.192. The molecule has 0 amide bonds. The van der Waals surface area contributed by atoms with Gasteiger partial charge in [0, 0.05) is 18.0 Å². The molecule has 222 valence electrons. The number of benzene rings is 2. The number of nitrogens with zero attached hydrogens (tertiary/aromatic N) is 1. The van der Waals surface area contributed by atoms with Crippen LogP contribution in [0.2, 0.25) is 5.02 Å². The van der Waals surface area contributed by atoms with E-state index in [2.05, 4.69) is 0 Å². The van der Waals surface area contributed by atoms with E-state index in [1.807, 2.05) is 4.98 Å². The molecule has 0 unspecified atom stereocenters. The van der Waals surface area contributed by atoms with Crippen molar-refractivity contribution in [1.82, 2.24) is 9.55 Å². The van der Waals surface area contributed by atoms with Gasteiger partial charge in [-0.05, 0) is 48.5 Å². The second-order valence-corrected chi connectivity index (χ2v) is 11.9. The van der Waals surface area contributed by atoms with Gasteiger partial charge < -0.3 is 33.5 Å². The highest BCUT2D eigenvalue weighted by molar-refractivity contribution is 8.07. The zero-order valence-electron chi connectivity index (χ0n) is 21.3. The molecule has 1 aromatic heterocycles. The van der Waals surface area contributed by atoms with Crippen LogP contribution in [0.4, 0.5) is 8.78 Å². The molecule has 0 radical (unpaired) electrons. The molecule has 1 aliphatic heterocycles. The lowest BCUT2D eigenvalue weighted by Crippen LogP contribution is -2.52. The molecule has 2 heterocycles. The van der Waals surface area contributed by atoms with Crippen molar-refractivity contribution in [3.63, 3.8) is 0 Å². The molecule has 4 atom stereocenters. The Bertz CT molecular complexity index is 1470. The second kappa shape index (κ2) is 12.4. The normalized spacial score (nSPS) is 22.5. The largest absolute Gasteiger partial charge is 0.497 e. The molecule has 0 aliphatic carbocycles. The third kappa shape index (κ3) is 6.56. The van der Waals surface area contributed by atoms with E-state index in [9.17, 15) is 28.6 Å². The van der Waals surface area contributed by atoms with Crippen LogP contribution in [0, 0.1) is 0 Å². The molecule has 0 saturated carbocycles. The number of nitrogens with one attached hydrogen (secondary N) is 1. The van der Waals surface area contributed by atoms with Crippen LogP contribution in [0.15, 0.2) is 64.3 Å². The van der Waals surface area contributed by atoms with Gasteiger partial charge in [0.15, 0.2) is 11.8 Å². The molecule has 4 rings (SSSR count). The number of aliphatic hydroxyl groups is 2. The highest BCUT2D eigenvalue weighted by Crippen LogP contribution is 2.53. The van der Waals surface area contributed by atoms with E-state index in [0.717, 1.165) is 6.20 Å². The summed E-state index contributed by atoms with van der Waals surface area (Å²) >= 11 is 11.3. The van der Waals surface area contributed by atoms with Crippen molar-refractivity contribution in [2.24, 2.45) is 0 Å². The maximum atomic E-state index is 14.6. The van der Waals surface area contributed by atoms with Gasteiger partial charge >= 0.3 is 12.4 Å². The predicted molar refractivity (Wildman–Crippen MR) is 145 cm³/mol. The highest BCUT2D eigenvalue weighted by Gasteiger charge is 2.61. The van der Waals surface area contributed by atoms with Gasteiger partial charge in [-0.15, -0.1) is 0 Å². The molecular formula is C24H24ClF2N2O10PS. The summed E-state index contributed by atoms with van der Waals surface area (Å²) in [5.74, 6) is 1.29. The van der Waals surface area contributed by atoms with Gasteiger partial charge in [0.25, 0.3) is 12.0 Å². The van der Waals surface area contributed by atoms with E-state index in [1.165, 1.54) is 38.5 Å². The summed E-state index contributed by atoms with van der Waals surface area (Å²) < 4.78 is 62.6. The number of rotatable bonds is 11. The van der Waals surface area contributed by atoms with E-state index < -0.39 is 60.1 Å². The molecule has 12 nitrogen and oxygen atoms in total. The van der Waals surface area contributed by atoms with Crippen LogP contribution in [0.1, 0.15) is 6.23 Å². The van der Waals surface area contributed by atoms with Crippen LogP contribution >= 0.6 is 18.3 Å². The first-order valence-corrected chi connectivity index (χ1v) is 14.6. The van der Waals surface area contributed by atoms with E-state index in [-0.39, 0.29) is 11.5 Å². The van der Waals surface area contributed by atoms with Crippen molar-refractivity contribution in [2.45, 2.75) is 30.5 Å². The summed E-state index contributed by atoms with van der Waals surface area (Å²) in [6, 6.07) is 12.2. The number of methoxy groups -OCH3 is 2. The Balaban J connectivity index is 1.65. The smallest absolute Gasteiger partial charge is 0.435 e. The van der Waals surface area contributed by atoms with Crippen LogP contribution < -0.4 is 29.8 Å². The third-order valence-corrected chi connectivity index (χ3v) is 8.37. The van der Waals surface area contributed by atoms with Gasteiger partial charge in [-0.2, -0.15) is 0 Å². The van der Waals surface area contributed by atoms with Gasteiger partial charge in [-0.25, -0.2) is 13.6 Å². The number of ether oxygens (including phenoxy) is 3. The molecule has 0 spiro atoms. The number of hydrogen-bond acceptors (Lipinski definition) is 11. The molecule has 17 heteroatoms. The summed E-state index contributed by atoms with van der Waals surface area (Å²) in [4.78, 5) is 25.8. The van der Waals surface area contributed by atoms with Crippen molar-refractivity contribution in [1.29, 1.82) is 0 Å². The molecular weight excluding hydrogens is 613 g/mol. The Morgan fingerprint density at radius 2 is 1.51 bits per heavy atom. The Morgan fingerprint density at radius 1 is 1.02 bits per heavy atom. The summed E-state index contributed by atoms with van der Waals surface area (Å²) in [6.07, 6.45) is -8.94. The molecule has 3 aromatic rings. The van der Waals surface area contributed by atoms with Crippen molar-refractivity contribution >= 4 is 30.1 Å². The van der Waals surface area contributed by atoms with E-state index in [4.69, 9.17) is 51.2 Å². The fraction of sp³-hybridized carbons (Fsp3) is 0.333. The lowest BCUT2D eigenvalue weighted by atomic mass is 9.96. The number of H-pyrrole nitrogens is 1. The minimum atomic E-state index is -4.00. The van der Waals surface area contributed by atoms with Gasteiger partial charge in [0.1, 0.15) is 40.2 Å². The number of halogens is 3. The van der Waals surface area contributed by atoms with Gasteiger partial charge in [0.05, 0.1) is 20.8 Å². The van der Waals surface area contributed by atoms with Crippen LogP contribution in [0.3, 0.4) is 0 Å². The van der Waals surface area contributed by atoms with Crippen molar-refractivity contribution in [3.8, 4) is 23.0 Å². The maximum absolute atomic E-state index is 14.6. The van der Waals surface area contributed by atoms with Gasteiger partial charge in [0.2, 0.25) is 0 Å². The van der Waals surface area contributed by atoms with E-state index in [0.29, 0.717) is 16.1 Å². The van der Waals surface area contributed by atoms with Crippen LogP contribution in [-0.4, -0.2) is 64.8 Å². The molecule has 0 bridgehead atoms. The average molecular weight is 637 g/mol. The average Bonchev–Trinajstić information content (AvgIpc) is 3.21. The van der Waals surface area contributed by atoms with Crippen LogP contribution in [-0.2, 0) is 21.1 Å². The van der Waals surface area contributed by atoms with Crippen molar-refractivity contribution < 1.29 is 46.8 Å². The Labute approximate surface area is 241 Å². The molecule has 2 aromatic carbocycles. The Kier molecular flexibility index (Phi) is 9.39. The van der Waals surface area contributed by atoms with Crippen LogP contribution in [0.25, 0.3) is 0 Å². The first kappa shape index (κ1) is 30.9. The van der Waals surface area contributed by atoms with Gasteiger partial charge in [-0.1, -0.05) is 11.6 Å². The van der Waals surface area contributed by atoms with Crippen molar-refractivity contribution in [2.75, 3.05) is 20.8 Å². The number of aromatic nitrogens is 2. The summed E-state index contributed by atoms with van der Waals surface area (Å²) in [5, 5.41) is 20.9. The van der Waals surface area contributed by atoms with E-state index >= 15 is 0 Å². The molecule has 1 saturated heterocycles. The fourth-order valence-electron chi connectivity index (χ4n) is 3.83. The van der Waals surface area contributed by atoms with Crippen molar-refractivity contribution in [3.05, 3.63) is 80.6 Å². The SMILES string of the molecule is COc1ccc(OP(=S)(OC[C@@]2(C(F)F)O[C@@H](n3cc(Cl)c(=O)[nH]c3=O)[C@@H](O)[C@@H]2O)Oc2ccc(OC)cc2)cc1. The first-order valence-electron chi connectivity index (χ1n) is 11.7. The summed E-state index contributed by atoms with van der Waals surface area (Å²) in [6.45, 7) is -5.14. The van der Waals surface area contributed by atoms with Crippen LogP contribution in [0.5, 0.6) is 23.0 Å². The zero-order valence-corrected chi connectivity index (χ0v) is 23.8. The number of aliphatic hydroxyl groups excluding tert-OH is 2. The lowest BCUT2D eigenvalue weighted by Gasteiger charge is -2.33. The van der Waals surface area contributed by atoms with Gasteiger partial charge in [-0.3, -0.25) is 18.9 Å². The molecule has 41 heavy (non-hydrogen) atoms. The Hall–Kier alpha value is -3.04. The number of hydrogen-bond donors (Lipinski definition) is 3. The minimum Gasteiger partial charge on any atom is -0.497 e. The quantitative estimate of drug-likeness (QED) is 0.267. The standard InChI is InChI=1S/C24H24ClF2N2O10PS/c1-34-13-3-7-15(8-4-13)38-40(41,39-16-9-5-14(35-2)6-10-16)36-12-24(22(26)27)19(31)18(30)21(37-24)29-11-17(25)20(32)28-23(29)33/h3-11,18-19,21-22,30-31H,12H2,1-2H3,(H,28,32,33)/t18-,19-,21+,24+/m0/s1. The minimum absolute atomic E-state index is 0.147. The third-order valence-electron chi connectivity index (χ3n) is 6.03. The monoisotopic (exact) mass is 636 g/mol. The predicted octanol–water partition coefficient (Wildman–Crippen LogP) is 2.86. The van der Waals surface area contributed by atoms with E-state index in [1.54, 1.807) is 24.3 Å². The summed E-state index contributed by atoms with van der Waals surface area (Å²) in [5.41, 5.74) is -4.99. The fourth-order valence-corrected chi connectivity index (χ4v) is 5.92. The number of alkyl halides is 2. The molecule has 3 N–H and O–H groups in total. The highest BCUT2D eigenvalue weighted by atomic mass is 35.5. The first-order chi connectivity index (χ1) is 19.4. The zero-order chi connectivity index (χ0) is 29.9.